The Morgan fingerprint density at radius 3 is 2.84 bits per heavy atom. The van der Waals surface area contributed by atoms with E-state index in [2.05, 4.69) is 16.8 Å². The molecule has 1 amide bonds. The highest BCUT2D eigenvalue weighted by atomic mass is 35.5. The van der Waals surface area contributed by atoms with Crippen LogP contribution in [0.5, 0.6) is 0 Å². The van der Waals surface area contributed by atoms with Crippen molar-refractivity contribution in [3.05, 3.63) is 57.2 Å². The predicted octanol–water partition coefficient (Wildman–Crippen LogP) is 3.69. The molecule has 0 unspecified atom stereocenters. The lowest BCUT2D eigenvalue weighted by atomic mass is 10.1. The fraction of sp³-hybridized carbons (Fsp3) is 0.267. The van der Waals surface area contributed by atoms with E-state index in [0.29, 0.717) is 13.0 Å². The first-order valence-corrected chi connectivity index (χ1v) is 7.53. The Kier molecular flexibility index (Phi) is 5.43. The highest BCUT2D eigenvalue weighted by Crippen LogP contribution is 2.12. The van der Waals surface area contributed by atoms with Crippen molar-refractivity contribution in [1.82, 2.24) is 5.32 Å². The summed E-state index contributed by atoms with van der Waals surface area (Å²) in [6.07, 6.45) is 2.14. The lowest BCUT2D eigenvalue weighted by Gasteiger charge is -2.05. The average molecular weight is 294 g/mol. The summed E-state index contributed by atoms with van der Waals surface area (Å²) in [4.78, 5) is 13.0. The molecule has 0 fully saturated rings. The molecule has 0 atom stereocenters. The van der Waals surface area contributed by atoms with Gasteiger partial charge in [-0.3, -0.25) is 4.79 Å². The molecule has 100 valence electrons. The van der Waals surface area contributed by atoms with Crippen LogP contribution in [0.25, 0.3) is 0 Å². The summed E-state index contributed by atoms with van der Waals surface area (Å²) in [6.45, 7) is 0.703. The van der Waals surface area contributed by atoms with Crippen LogP contribution in [-0.2, 0) is 17.6 Å². The van der Waals surface area contributed by atoms with Crippen LogP contribution in [0.15, 0.2) is 41.8 Å². The number of benzene rings is 1. The van der Waals surface area contributed by atoms with Crippen LogP contribution in [0.2, 0.25) is 5.02 Å². The van der Waals surface area contributed by atoms with Crippen molar-refractivity contribution in [3.8, 4) is 0 Å². The van der Waals surface area contributed by atoms with Gasteiger partial charge in [0.2, 0.25) is 5.91 Å². The fourth-order valence-corrected chi connectivity index (χ4v) is 2.74. The van der Waals surface area contributed by atoms with Crippen LogP contribution in [0.4, 0.5) is 0 Å². The van der Waals surface area contributed by atoms with Crippen LogP contribution in [0.3, 0.4) is 0 Å². The lowest BCUT2D eigenvalue weighted by Crippen LogP contribution is -2.25. The van der Waals surface area contributed by atoms with E-state index in [1.165, 1.54) is 4.88 Å². The third kappa shape index (κ3) is 5.05. The molecule has 1 aromatic heterocycles. The van der Waals surface area contributed by atoms with E-state index in [9.17, 15) is 4.79 Å². The third-order valence-corrected chi connectivity index (χ3v) is 3.97. The smallest absolute Gasteiger partial charge is 0.220 e. The summed E-state index contributed by atoms with van der Waals surface area (Å²) in [7, 11) is 0. The lowest BCUT2D eigenvalue weighted by molar-refractivity contribution is -0.121. The molecule has 0 radical (unpaired) electrons. The van der Waals surface area contributed by atoms with Crippen molar-refractivity contribution in [3.63, 3.8) is 0 Å². The van der Waals surface area contributed by atoms with E-state index in [1.807, 2.05) is 30.3 Å². The molecule has 2 rings (SSSR count). The molecule has 0 aliphatic carbocycles. The van der Waals surface area contributed by atoms with Gasteiger partial charge >= 0.3 is 0 Å². The van der Waals surface area contributed by atoms with Gasteiger partial charge in [0.1, 0.15) is 0 Å². The Morgan fingerprint density at radius 1 is 1.21 bits per heavy atom. The van der Waals surface area contributed by atoms with Gasteiger partial charge in [-0.15, -0.1) is 11.3 Å². The zero-order chi connectivity index (χ0) is 13.5. The number of hydrogen-bond acceptors (Lipinski definition) is 2. The number of rotatable bonds is 6. The van der Waals surface area contributed by atoms with Gasteiger partial charge in [-0.2, -0.15) is 0 Å². The van der Waals surface area contributed by atoms with Crippen molar-refractivity contribution in [2.75, 3.05) is 6.54 Å². The minimum absolute atomic E-state index is 0.0940. The second kappa shape index (κ2) is 7.31. The second-order valence-corrected chi connectivity index (χ2v) is 5.78. The Labute approximate surface area is 122 Å². The largest absolute Gasteiger partial charge is 0.356 e. The third-order valence-electron chi connectivity index (χ3n) is 2.80. The highest BCUT2D eigenvalue weighted by molar-refractivity contribution is 7.09. The van der Waals surface area contributed by atoms with Crippen LogP contribution in [-0.4, -0.2) is 12.5 Å². The molecule has 1 aromatic carbocycles. The Bertz CT molecular complexity index is 525. The average Bonchev–Trinajstić information content (AvgIpc) is 2.90. The van der Waals surface area contributed by atoms with Gasteiger partial charge in [-0.25, -0.2) is 0 Å². The molecule has 4 heteroatoms. The molecule has 1 heterocycles. The number of carbonyl (C=O) groups excluding carboxylic acids is 1. The number of amides is 1. The van der Waals surface area contributed by atoms with Crippen LogP contribution in [0, 0.1) is 0 Å². The quantitative estimate of drug-likeness (QED) is 0.864. The maximum atomic E-state index is 11.7. The Morgan fingerprint density at radius 2 is 2.11 bits per heavy atom. The zero-order valence-corrected chi connectivity index (χ0v) is 12.1. The summed E-state index contributed by atoms with van der Waals surface area (Å²) in [6, 6.07) is 11.8. The van der Waals surface area contributed by atoms with Gasteiger partial charge in [-0.05, 0) is 42.0 Å². The van der Waals surface area contributed by atoms with Gasteiger partial charge in [0.25, 0.3) is 0 Å². The van der Waals surface area contributed by atoms with E-state index in [-0.39, 0.29) is 5.91 Å². The SMILES string of the molecule is O=C(CCc1cccc(Cl)c1)NCCc1cccs1. The molecule has 0 aliphatic rings. The van der Waals surface area contributed by atoms with Crippen molar-refractivity contribution >= 4 is 28.8 Å². The second-order valence-electron chi connectivity index (χ2n) is 4.31. The molecule has 1 N–H and O–H groups in total. The van der Waals surface area contributed by atoms with Crippen molar-refractivity contribution in [2.45, 2.75) is 19.3 Å². The molecule has 0 aliphatic heterocycles. The molecule has 2 aromatic rings. The van der Waals surface area contributed by atoms with Gasteiger partial charge in [0, 0.05) is 22.9 Å². The molecule has 0 spiro atoms. The summed E-state index contributed by atoms with van der Waals surface area (Å²) >= 11 is 7.62. The topological polar surface area (TPSA) is 29.1 Å². The summed E-state index contributed by atoms with van der Waals surface area (Å²) in [5.41, 5.74) is 1.10. The summed E-state index contributed by atoms with van der Waals surface area (Å²) in [5, 5.41) is 5.71. The normalized spacial score (nSPS) is 10.4. The van der Waals surface area contributed by atoms with Gasteiger partial charge < -0.3 is 5.32 Å². The maximum Gasteiger partial charge on any atom is 0.220 e. The van der Waals surface area contributed by atoms with E-state index in [1.54, 1.807) is 11.3 Å². The van der Waals surface area contributed by atoms with Crippen LogP contribution < -0.4 is 5.32 Å². The first-order valence-electron chi connectivity index (χ1n) is 6.27. The molecule has 0 bridgehead atoms. The number of nitrogens with one attached hydrogen (secondary N) is 1. The van der Waals surface area contributed by atoms with Crippen LogP contribution in [0.1, 0.15) is 16.9 Å². The number of aryl methyl sites for hydroxylation is 1. The predicted molar refractivity (Wildman–Crippen MR) is 80.8 cm³/mol. The molecule has 0 saturated carbocycles. The van der Waals surface area contributed by atoms with Gasteiger partial charge in [0.05, 0.1) is 0 Å². The minimum atomic E-state index is 0.0940. The Balaban J connectivity index is 1.67. The van der Waals surface area contributed by atoms with Gasteiger partial charge in [0.15, 0.2) is 0 Å². The fourth-order valence-electron chi connectivity index (χ4n) is 1.82. The monoisotopic (exact) mass is 293 g/mol. The maximum absolute atomic E-state index is 11.7. The van der Waals surface area contributed by atoms with E-state index in [0.717, 1.165) is 23.4 Å². The first kappa shape index (κ1) is 14.1. The van der Waals surface area contributed by atoms with Gasteiger partial charge in [-0.1, -0.05) is 29.8 Å². The number of hydrogen-bond donors (Lipinski definition) is 1. The summed E-state index contributed by atoms with van der Waals surface area (Å²) < 4.78 is 0. The minimum Gasteiger partial charge on any atom is -0.356 e. The summed E-state index contributed by atoms with van der Waals surface area (Å²) in [5.74, 6) is 0.0940. The Hall–Kier alpha value is -1.32. The molecule has 2 nitrogen and oxygen atoms in total. The number of halogens is 1. The van der Waals surface area contributed by atoms with Crippen molar-refractivity contribution in [2.24, 2.45) is 0 Å². The highest BCUT2D eigenvalue weighted by Gasteiger charge is 2.02. The van der Waals surface area contributed by atoms with Crippen molar-refractivity contribution in [1.29, 1.82) is 0 Å². The molecule has 0 saturated heterocycles. The molecule has 19 heavy (non-hydrogen) atoms. The zero-order valence-electron chi connectivity index (χ0n) is 10.6. The van der Waals surface area contributed by atoms with E-state index >= 15 is 0 Å². The van der Waals surface area contributed by atoms with Crippen molar-refractivity contribution < 1.29 is 4.79 Å². The number of carbonyl (C=O) groups is 1. The molecular formula is C15H16ClNOS. The molecular weight excluding hydrogens is 278 g/mol. The van der Waals surface area contributed by atoms with E-state index in [4.69, 9.17) is 11.6 Å². The standard InChI is InChI=1S/C15H16ClNOS/c16-13-4-1-3-12(11-13)6-7-15(18)17-9-8-14-5-2-10-19-14/h1-5,10-11H,6-9H2,(H,17,18). The number of thiophene rings is 1. The van der Waals surface area contributed by atoms with E-state index < -0.39 is 0 Å². The first-order chi connectivity index (χ1) is 9.24. The van der Waals surface area contributed by atoms with Crippen LogP contribution >= 0.6 is 22.9 Å².